The lowest BCUT2D eigenvalue weighted by Gasteiger charge is -2.26. The molecule has 1 aromatic rings. The molecule has 5 heteroatoms. The average Bonchev–Trinajstić information content (AvgIpc) is 2.80. The molecule has 1 atom stereocenters. The lowest BCUT2D eigenvalue weighted by Crippen LogP contribution is -2.19. The van der Waals surface area contributed by atoms with E-state index >= 15 is 0 Å². The Morgan fingerprint density at radius 3 is 2.69 bits per heavy atom. The molecule has 1 saturated carbocycles. The zero-order valence-corrected chi connectivity index (χ0v) is 9.90. The highest BCUT2D eigenvalue weighted by atomic mass is 16.5. The van der Waals surface area contributed by atoms with Gasteiger partial charge in [0.2, 0.25) is 5.82 Å². The zero-order valence-electron chi connectivity index (χ0n) is 9.90. The summed E-state index contributed by atoms with van der Waals surface area (Å²) in [6, 6.07) is 0.452. The van der Waals surface area contributed by atoms with Crippen LogP contribution in [0.4, 0.5) is 6.01 Å². The molecule has 5 nitrogen and oxygen atoms in total. The van der Waals surface area contributed by atoms with Crippen LogP contribution in [0, 0.1) is 5.92 Å². The van der Waals surface area contributed by atoms with Gasteiger partial charge in [0, 0.05) is 14.2 Å². The van der Waals surface area contributed by atoms with Crippen LogP contribution in [0.2, 0.25) is 0 Å². The summed E-state index contributed by atoms with van der Waals surface area (Å²) >= 11 is 0. The van der Waals surface area contributed by atoms with E-state index in [4.69, 9.17) is 9.26 Å². The van der Waals surface area contributed by atoms with Crippen molar-refractivity contribution in [2.45, 2.75) is 38.2 Å². The maximum absolute atomic E-state index is 5.52. The number of rotatable bonds is 4. The normalized spacial score (nSPS) is 19.6. The minimum absolute atomic E-state index is 0.0221. The lowest BCUT2D eigenvalue weighted by atomic mass is 9.85. The summed E-state index contributed by atoms with van der Waals surface area (Å²) in [5.74, 6) is 1.19. The van der Waals surface area contributed by atoms with Gasteiger partial charge in [-0.3, -0.25) is 0 Å². The van der Waals surface area contributed by atoms with E-state index in [0.717, 1.165) is 0 Å². The van der Waals surface area contributed by atoms with Crippen LogP contribution in [0.5, 0.6) is 0 Å². The van der Waals surface area contributed by atoms with Crippen LogP contribution < -0.4 is 5.32 Å². The second-order valence-corrected chi connectivity index (χ2v) is 4.26. The molecule has 90 valence electrons. The molecular formula is C11H19N3O2. The van der Waals surface area contributed by atoms with Crippen molar-refractivity contribution < 1.29 is 9.26 Å². The first-order valence-electron chi connectivity index (χ1n) is 5.89. The first kappa shape index (κ1) is 11.4. The van der Waals surface area contributed by atoms with E-state index in [1.54, 1.807) is 14.2 Å². The summed E-state index contributed by atoms with van der Waals surface area (Å²) in [6.45, 7) is 0. The fraction of sp³-hybridized carbons (Fsp3) is 0.818. The molecule has 1 heterocycles. The predicted octanol–water partition coefficient (Wildman–Crippen LogP) is 2.38. The molecule has 1 aromatic heterocycles. The number of methoxy groups -OCH3 is 1. The number of aromatic nitrogens is 2. The largest absolute Gasteiger partial charge is 0.373 e. The SMILES string of the molecule is CNc1nc(C(OC)C2CCCCC2)no1. The topological polar surface area (TPSA) is 60.2 Å². The van der Waals surface area contributed by atoms with E-state index in [0.29, 0.717) is 17.8 Å². The Morgan fingerprint density at radius 1 is 1.38 bits per heavy atom. The van der Waals surface area contributed by atoms with Gasteiger partial charge in [-0.1, -0.05) is 24.4 Å². The molecule has 0 spiro atoms. The summed E-state index contributed by atoms with van der Waals surface area (Å²) in [4.78, 5) is 4.26. The van der Waals surface area contributed by atoms with Gasteiger partial charge in [0.25, 0.3) is 0 Å². The smallest absolute Gasteiger partial charge is 0.321 e. The Hall–Kier alpha value is -1.10. The maximum atomic E-state index is 5.52. The van der Waals surface area contributed by atoms with Crippen molar-refractivity contribution >= 4 is 6.01 Å². The molecule has 1 N–H and O–H groups in total. The van der Waals surface area contributed by atoms with Crippen molar-refractivity contribution in [3.63, 3.8) is 0 Å². The minimum atomic E-state index is -0.0221. The number of nitrogens with one attached hydrogen (secondary N) is 1. The van der Waals surface area contributed by atoms with Gasteiger partial charge in [-0.05, 0) is 18.8 Å². The summed E-state index contributed by atoms with van der Waals surface area (Å²) < 4.78 is 10.6. The lowest BCUT2D eigenvalue weighted by molar-refractivity contribution is 0.0274. The second-order valence-electron chi connectivity index (χ2n) is 4.26. The molecule has 0 saturated heterocycles. The third-order valence-corrected chi connectivity index (χ3v) is 3.24. The van der Waals surface area contributed by atoms with Crippen molar-refractivity contribution in [3.8, 4) is 0 Å². The van der Waals surface area contributed by atoms with E-state index in [2.05, 4.69) is 15.5 Å². The van der Waals surface area contributed by atoms with Crippen molar-refractivity contribution in [2.24, 2.45) is 5.92 Å². The minimum Gasteiger partial charge on any atom is -0.373 e. The zero-order chi connectivity index (χ0) is 11.4. The van der Waals surface area contributed by atoms with E-state index in [-0.39, 0.29) is 6.10 Å². The van der Waals surface area contributed by atoms with Gasteiger partial charge < -0.3 is 14.6 Å². The summed E-state index contributed by atoms with van der Waals surface area (Å²) in [5, 5.41) is 6.79. The standard InChI is InChI=1S/C11H19N3O2/c1-12-11-13-10(14-16-11)9(15-2)8-6-4-3-5-7-8/h8-9H,3-7H2,1-2H3,(H,12,13,14). The Morgan fingerprint density at radius 2 is 2.12 bits per heavy atom. The first-order chi connectivity index (χ1) is 7.85. The number of nitrogens with zero attached hydrogens (tertiary/aromatic N) is 2. The van der Waals surface area contributed by atoms with E-state index < -0.39 is 0 Å². The van der Waals surface area contributed by atoms with E-state index in [9.17, 15) is 0 Å². The highest BCUT2D eigenvalue weighted by molar-refractivity contribution is 5.16. The Balaban J connectivity index is 2.08. The molecule has 1 unspecified atom stereocenters. The quantitative estimate of drug-likeness (QED) is 0.852. The van der Waals surface area contributed by atoms with E-state index in [1.165, 1.54) is 32.1 Å². The molecule has 0 aliphatic heterocycles. The van der Waals surface area contributed by atoms with E-state index in [1.807, 2.05) is 0 Å². The van der Waals surface area contributed by atoms with Gasteiger partial charge in [0.15, 0.2) is 0 Å². The Bertz CT molecular complexity index is 321. The molecular weight excluding hydrogens is 206 g/mol. The van der Waals surface area contributed by atoms with Crippen molar-refractivity contribution in [2.75, 3.05) is 19.5 Å². The van der Waals surface area contributed by atoms with Crippen LogP contribution in [0.25, 0.3) is 0 Å². The molecule has 2 rings (SSSR count). The molecule has 0 radical (unpaired) electrons. The van der Waals surface area contributed by atoms with Crippen LogP contribution >= 0.6 is 0 Å². The molecule has 1 fully saturated rings. The van der Waals surface area contributed by atoms with Gasteiger partial charge in [0.05, 0.1) is 0 Å². The van der Waals surface area contributed by atoms with Crippen LogP contribution in [-0.4, -0.2) is 24.3 Å². The molecule has 0 amide bonds. The number of hydrogen-bond acceptors (Lipinski definition) is 5. The third-order valence-electron chi connectivity index (χ3n) is 3.24. The highest BCUT2D eigenvalue weighted by Crippen LogP contribution is 2.35. The van der Waals surface area contributed by atoms with Crippen molar-refractivity contribution in [1.29, 1.82) is 0 Å². The fourth-order valence-electron chi connectivity index (χ4n) is 2.40. The second kappa shape index (κ2) is 5.30. The van der Waals surface area contributed by atoms with Crippen molar-refractivity contribution in [3.05, 3.63) is 5.82 Å². The fourth-order valence-corrected chi connectivity index (χ4v) is 2.40. The third kappa shape index (κ3) is 2.35. The van der Waals surface area contributed by atoms with Gasteiger partial charge in [-0.2, -0.15) is 4.98 Å². The van der Waals surface area contributed by atoms with Crippen LogP contribution in [0.1, 0.15) is 44.0 Å². The first-order valence-corrected chi connectivity index (χ1v) is 5.89. The molecule has 1 aliphatic carbocycles. The Kier molecular flexibility index (Phi) is 3.77. The molecule has 0 aromatic carbocycles. The summed E-state index contributed by atoms with van der Waals surface area (Å²) in [7, 11) is 3.48. The summed E-state index contributed by atoms with van der Waals surface area (Å²) in [5.41, 5.74) is 0. The summed E-state index contributed by atoms with van der Waals surface area (Å²) in [6.07, 6.45) is 6.26. The molecule has 0 bridgehead atoms. The van der Waals surface area contributed by atoms with Crippen molar-refractivity contribution in [1.82, 2.24) is 10.1 Å². The van der Waals surface area contributed by atoms with Crippen LogP contribution in [-0.2, 0) is 4.74 Å². The number of hydrogen-bond donors (Lipinski definition) is 1. The molecule has 1 aliphatic rings. The Labute approximate surface area is 95.6 Å². The predicted molar refractivity (Wildman–Crippen MR) is 60.2 cm³/mol. The van der Waals surface area contributed by atoms with Gasteiger partial charge >= 0.3 is 6.01 Å². The monoisotopic (exact) mass is 225 g/mol. The van der Waals surface area contributed by atoms with Crippen LogP contribution in [0.3, 0.4) is 0 Å². The van der Waals surface area contributed by atoms with Gasteiger partial charge in [-0.25, -0.2) is 0 Å². The average molecular weight is 225 g/mol. The number of anilines is 1. The maximum Gasteiger partial charge on any atom is 0.321 e. The molecule has 16 heavy (non-hydrogen) atoms. The number of ether oxygens (including phenoxy) is 1. The highest BCUT2D eigenvalue weighted by Gasteiger charge is 2.28. The van der Waals surface area contributed by atoms with Crippen LogP contribution in [0.15, 0.2) is 4.52 Å². The van der Waals surface area contributed by atoms with Gasteiger partial charge in [0.1, 0.15) is 6.10 Å². The van der Waals surface area contributed by atoms with Gasteiger partial charge in [-0.15, -0.1) is 0 Å².